The number of benzene rings is 1. The highest BCUT2D eigenvalue weighted by Crippen LogP contribution is 2.05. The van der Waals surface area contributed by atoms with Gasteiger partial charge in [-0.3, -0.25) is 4.79 Å². The maximum absolute atomic E-state index is 12.9. The Morgan fingerprint density at radius 3 is 2.65 bits per heavy atom. The maximum Gasteiger partial charge on any atom is 0.161 e. The van der Waals surface area contributed by atoms with Gasteiger partial charge in [0, 0.05) is 25.7 Å². The molecule has 0 N–H and O–H groups in total. The van der Waals surface area contributed by atoms with Gasteiger partial charge in [-0.25, -0.2) is 4.39 Å². The first-order valence-corrected chi connectivity index (χ1v) is 5.85. The fourth-order valence-corrected chi connectivity index (χ4v) is 1.53. The highest BCUT2D eigenvalue weighted by molar-refractivity contribution is 5.91. The van der Waals surface area contributed by atoms with Crippen molar-refractivity contribution in [3.8, 4) is 0 Å². The van der Waals surface area contributed by atoms with Gasteiger partial charge in [0.25, 0.3) is 0 Å². The summed E-state index contributed by atoms with van der Waals surface area (Å²) >= 11 is 0. The number of carbonyl (C=O) groups is 1. The first kappa shape index (κ1) is 13.4. The Kier molecular flexibility index (Phi) is 5.40. The van der Waals surface area contributed by atoms with Crippen molar-refractivity contribution in [2.75, 3.05) is 13.1 Å². The molecule has 1 aromatic rings. The molecule has 0 aliphatic heterocycles. The first-order valence-electron chi connectivity index (χ1n) is 5.85. The monoisotopic (exact) mass is 235 g/mol. The van der Waals surface area contributed by atoms with Crippen LogP contribution in [0.2, 0.25) is 0 Å². The number of ketones is 1. The molecule has 1 rings (SSSR count). The van der Waals surface area contributed by atoms with E-state index < -0.39 is 0 Å². The van der Waals surface area contributed by atoms with Crippen molar-refractivity contribution >= 4 is 5.78 Å². The molecule has 0 radical (unpaired) electrons. The molecule has 0 heterocycles. The predicted molar refractivity (Wildman–Crippen MR) is 67.2 cm³/mol. The van der Waals surface area contributed by atoms with Gasteiger partial charge in [0.1, 0.15) is 5.82 Å². The Bertz CT molecular complexity index is 397. The average Bonchev–Trinajstić information content (AvgIpc) is 2.30. The Hall–Kier alpha value is -1.64. The van der Waals surface area contributed by atoms with Crippen molar-refractivity contribution in [3.63, 3.8) is 0 Å². The van der Waals surface area contributed by atoms with Gasteiger partial charge in [0.15, 0.2) is 5.78 Å². The van der Waals surface area contributed by atoms with Crippen LogP contribution in [0.1, 0.15) is 19.4 Å². The van der Waals surface area contributed by atoms with Gasteiger partial charge >= 0.3 is 0 Å². The summed E-state index contributed by atoms with van der Waals surface area (Å²) in [6.07, 6.45) is 3.59. The number of carbonyl (C=O) groups excluding carboxylic acids is 1. The van der Waals surface area contributed by atoms with Crippen molar-refractivity contribution < 1.29 is 9.18 Å². The van der Waals surface area contributed by atoms with Crippen LogP contribution < -0.4 is 0 Å². The summed E-state index contributed by atoms with van der Waals surface area (Å²) < 4.78 is 12.9. The number of hydrogen-bond acceptors (Lipinski definition) is 2. The van der Waals surface area contributed by atoms with Crippen LogP contribution in [0.15, 0.2) is 36.5 Å². The summed E-state index contributed by atoms with van der Waals surface area (Å²) in [5.41, 5.74) is 0.708. The Labute approximate surface area is 102 Å². The SMILES string of the molecule is CCN(/C=C/C(=O)Cc1cccc(F)c1)CC. The lowest BCUT2D eigenvalue weighted by Crippen LogP contribution is -2.16. The van der Waals surface area contributed by atoms with E-state index in [4.69, 9.17) is 0 Å². The summed E-state index contributed by atoms with van der Waals surface area (Å²) in [6.45, 7) is 5.82. The minimum absolute atomic E-state index is 0.0116. The topological polar surface area (TPSA) is 20.3 Å². The zero-order valence-electron chi connectivity index (χ0n) is 10.3. The predicted octanol–water partition coefficient (Wildman–Crippen LogP) is 2.79. The van der Waals surface area contributed by atoms with Crippen LogP contribution in [0, 0.1) is 5.82 Å². The lowest BCUT2D eigenvalue weighted by Gasteiger charge is -2.14. The third-order valence-corrected chi connectivity index (χ3v) is 2.55. The summed E-state index contributed by atoms with van der Waals surface area (Å²) in [5, 5.41) is 0. The van der Waals surface area contributed by atoms with E-state index in [2.05, 4.69) is 0 Å². The van der Waals surface area contributed by atoms with Crippen molar-refractivity contribution in [1.82, 2.24) is 4.90 Å². The third kappa shape index (κ3) is 4.81. The molecule has 0 fully saturated rings. The van der Waals surface area contributed by atoms with E-state index in [1.54, 1.807) is 24.4 Å². The molecule has 0 saturated heterocycles. The molecular weight excluding hydrogens is 217 g/mol. The van der Waals surface area contributed by atoms with Gasteiger partial charge in [-0.2, -0.15) is 0 Å². The molecule has 17 heavy (non-hydrogen) atoms. The van der Waals surface area contributed by atoms with Crippen LogP contribution in [0.3, 0.4) is 0 Å². The van der Waals surface area contributed by atoms with E-state index in [0.717, 1.165) is 13.1 Å². The summed E-state index contributed by atoms with van der Waals surface area (Å²) in [6, 6.07) is 6.14. The van der Waals surface area contributed by atoms with Crippen LogP contribution in [0.25, 0.3) is 0 Å². The zero-order chi connectivity index (χ0) is 12.7. The standard InChI is InChI=1S/C14H18FNO/c1-3-16(4-2)9-8-14(17)11-12-6-5-7-13(15)10-12/h5-10H,3-4,11H2,1-2H3/b9-8+. The van der Waals surface area contributed by atoms with Crippen LogP contribution in [0.4, 0.5) is 4.39 Å². The number of allylic oxidation sites excluding steroid dienone is 1. The van der Waals surface area contributed by atoms with Crippen LogP contribution >= 0.6 is 0 Å². The summed E-state index contributed by atoms with van der Waals surface area (Å²) in [7, 11) is 0. The van der Waals surface area contributed by atoms with Gasteiger partial charge < -0.3 is 4.90 Å². The Morgan fingerprint density at radius 2 is 2.06 bits per heavy atom. The van der Waals surface area contributed by atoms with Crippen LogP contribution in [-0.4, -0.2) is 23.8 Å². The number of hydrogen-bond donors (Lipinski definition) is 0. The molecule has 0 spiro atoms. The van der Waals surface area contributed by atoms with E-state index in [1.165, 1.54) is 12.1 Å². The van der Waals surface area contributed by atoms with Gasteiger partial charge in [0.05, 0.1) is 0 Å². The Balaban J connectivity index is 2.55. The van der Waals surface area contributed by atoms with E-state index in [1.807, 2.05) is 18.7 Å². The van der Waals surface area contributed by atoms with Gasteiger partial charge in [-0.05, 0) is 37.6 Å². The lowest BCUT2D eigenvalue weighted by atomic mass is 10.1. The van der Waals surface area contributed by atoms with Crippen molar-refractivity contribution in [2.24, 2.45) is 0 Å². The normalized spacial score (nSPS) is 10.8. The fourth-order valence-electron chi connectivity index (χ4n) is 1.53. The van der Waals surface area contributed by atoms with Gasteiger partial charge in [-0.15, -0.1) is 0 Å². The average molecular weight is 235 g/mol. The van der Waals surface area contributed by atoms with Crippen molar-refractivity contribution in [3.05, 3.63) is 47.9 Å². The molecule has 0 saturated carbocycles. The second-order valence-corrected chi connectivity index (χ2v) is 3.81. The molecule has 0 aromatic heterocycles. The molecule has 92 valence electrons. The fraction of sp³-hybridized carbons (Fsp3) is 0.357. The van der Waals surface area contributed by atoms with Crippen LogP contribution in [0.5, 0.6) is 0 Å². The molecule has 3 heteroatoms. The second-order valence-electron chi connectivity index (χ2n) is 3.81. The number of halogens is 1. The quantitative estimate of drug-likeness (QED) is 0.707. The van der Waals surface area contributed by atoms with E-state index in [9.17, 15) is 9.18 Å². The first-order chi connectivity index (χ1) is 8.15. The highest BCUT2D eigenvalue weighted by Gasteiger charge is 2.01. The molecule has 2 nitrogen and oxygen atoms in total. The molecular formula is C14H18FNO. The molecule has 0 amide bonds. The van der Waals surface area contributed by atoms with Crippen molar-refractivity contribution in [2.45, 2.75) is 20.3 Å². The van der Waals surface area contributed by atoms with E-state index in [-0.39, 0.29) is 18.0 Å². The molecule has 0 aliphatic rings. The third-order valence-electron chi connectivity index (χ3n) is 2.55. The second kappa shape index (κ2) is 6.84. The van der Waals surface area contributed by atoms with Crippen LogP contribution in [-0.2, 0) is 11.2 Å². The van der Waals surface area contributed by atoms with E-state index in [0.29, 0.717) is 5.56 Å². The van der Waals surface area contributed by atoms with Gasteiger partial charge in [-0.1, -0.05) is 12.1 Å². The van der Waals surface area contributed by atoms with Crippen molar-refractivity contribution in [1.29, 1.82) is 0 Å². The molecule has 0 bridgehead atoms. The minimum Gasteiger partial charge on any atom is -0.378 e. The maximum atomic E-state index is 12.9. The smallest absolute Gasteiger partial charge is 0.161 e. The molecule has 1 aromatic carbocycles. The molecule has 0 unspecified atom stereocenters. The minimum atomic E-state index is -0.303. The van der Waals surface area contributed by atoms with E-state index >= 15 is 0 Å². The Morgan fingerprint density at radius 1 is 1.35 bits per heavy atom. The highest BCUT2D eigenvalue weighted by atomic mass is 19.1. The zero-order valence-corrected chi connectivity index (χ0v) is 10.3. The van der Waals surface area contributed by atoms with Gasteiger partial charge in [0.2, 0.25) is 0 Å². The number of rotatable bonds is 6. The summed E-state index contributed by atoms with van der Waals surface area (Å²) in [5.74, 6) is -0.314. The number of nitrogens with zero attached hydrogens (tertiary/aromatic N) is 1. The molecule has 0 aliphatic carbocycles. The largest absolute Gasteiger partial charge is 0.378 e. The lowest BCUT2D eigenvalue weighted by molar-refractivity contribution is -0.114. The summed E-state index contributed by atoms with van der Waals surface area (Å²) in [4.78, 5) is 13.7. The molecule has 0 atom stereocenters.